The van der Waals surface area contributed by atoms with Gasteiger partial charge in [0.05, 0.1) is 46.2 Å². The molecule has 6 heteroatoms. The molecule has 0 saturated heterocycles. The first kappa shape index (κ1) is 17.4. The highest BCUT2D eigenvalue weighted by atomic mass is 32.1. The van der Waals surface area contributed by atoms with Gasteiger partial charge in [0.25, 0.3) is 0 Å². The minimum Gasteiger partial charge on any atom is -0.490 e. The molecular weight excluding hydrogens is 280 g/mol. The van der Waals surface area contributed by atoms with Crippen LogP contribution in [0.3, 0.4) is 0 Å². The third-order valence-corrected chi connectivity index (χ3v) is 3.31. The summed E-state index contributed by atoms with van der Waals surface area (Å²) in [5.74, 6) is 0.947. The van der Waals surface area contributed by atoms with Gasteiger partial charge in [-0.1, -0.05) is 0 Å². The molecule has 0 N–H and O–H groups in total. The quantitative estimate of drug-likeness (QED) is 0.522. The summed E-state index contributed by atoms with van der Waals surface area (Å²) in [7, 11) is 1.65. The van der Waals surface area contributed by atoms with Crippen molar-refractivity contribution in [2.45, 2.75) is 6.92 Å². The number of aryl methyl sites for hydroxylation is 1. The summed E-state index contributed by atoms with van der Waals surface area (Å²) < 4.78 is 26.5. The second-order valence-corrected chi connectivity index (χ2v) is 4.84. The van der Waals surface area contributed by atoms with Crippen LogP contribution in [0.25, 0.3) is 0 Å². The largest absolute Gasteiger partial charge is 0.490 e. The van der Waals surface area contributed by atoms with Crippen molar-refractivity contribution in [1.82, 2.24) is 0 Å². The Morgan fingerprint density at radius 1 is 0.800 bits per heavy atom. The Kier molecular flexibility index (Phi) is 10.5. The molecule has 116 valence electrons. The Hall–Kier alpha value is -0.660. The molecule has 0 aliphatic heterocycles. The van der Waals surface area contributed by atoms with Crippen LogP contribution in [0.1, 0.15) is 5.56 Å². The molecule has 0 unspecified atom stereocenters. The third kappa shape index (κ3) is 8.50. The number of ether oxygens (including phenoxy) is 5. The van der Waals surface area contributed by atoms with E-state index in [1.807, 2.05) is 12.3 Å². The van der Waals surface area contributed by atoms with E-state index in [0.29, 0.717) is 52.9 Å². The molecule has 0 radical (unpaired) electrons. The summed E-state index contributed by atoms with van der Waals surface area (Å²) in [5.41, 5.74) is 1.17. The summed E-state index contributed by atoms with van der Waals surface area (Å²) >= 11 is 1.64. The minimum atomic E-state index is 0.567. The fraction of sp³-hybridized carbons (Fsp3) is 0.714. The number of hydrogen-bond donors (Lipinski definition) is 0. The number of methoxy groups -OCH3 is 1. The topological polar surface area (TPSA) is 46.2 Å². The van der Waals surface area contributed by atoms with Crippen LogP contribution in [0, 0.1) is 6.92 Å². The summed E-state index contributed by atoms with van der Waals surface area (Å²) in [6.45, 7) is 6.72. The first-order valence-corrected chi connectivity index (χ1v) is 7.66. The lowest BCUT2D eigenvalue weighted by Crippen LogP contribution is -2.13. The zero-order chi connectivity index (χ0) is 14.5. The molecule has 0 aromatic carbocycles. The third-order valence-electron chi connectivity index (χ3n) is 2.47. The van der Waals surface area contributed by atoms with Crippen LogP contribution < -0.4 is 4.74 Å². The van der Waals surface area contributed by atoms with Crippen LogP contribution >= 0.6 is 11.3 Å². The van der Waals surface area contributed by atoms with Gasteiger partial charge in [0.1, 0.15) is 12.4 Å². The van der Waals surface area contributed by atoms with Crippen LogP contribution in [0.15, 0.2) is 10.8 Å². The smallest absolute Gasteiger partial charge is 0.132 e. The van der Waals surface area contributed by atoms with E-state index in [1.54, 1.807) is 18.4 Å². The van der Waals surface area contributed by atoms with Crippen molar-refractivity contribution in [2.75, 3.05) is 60.0 Å². The average Bonchev–Trinajstić information content (AvgIpc) is 2.85. The van der Waals surface area contributed by atoms with Crippen LogP contribution in [0.4, 0.5) is 0 Å². The Morgan fingerprint density at radius 3 is 1.85 bits per heavy atom. The van der Waals surface area contributed by atoms with E-state index in [9.17, 15) is 0 Å². The second kappa shape index (κ2) is 12.1. The summed E-state index contributed by atoms with van der Waals surface area (Å²) in [5, 5.41) is 4.07. The van der Waals surface area contributed by atoms with Gasteiger partial charge in [-0.05, 0) is 12.3 Å². The van der Waals surface area contributed by atoms with Gasteiger partial charge >= 0.3 is 0 Å². The standard InChI is InChI=1S/C14H24O5S/c1-13-11-20-12-14(13)19-10-9-18-8-7-17-6-5-16-4-3-15-2/h11-12H,3-10H2,1-2H3. The van der Waals surface area contributed by atoms with Gasteiger partial charge in [0, 0.05) is 18.1 Å². The van der Waals surface area contributed by atoms with Crippen molar-refractivity contribution in [2.24, 2.45) is 0 Å². The van der Waals surface area contributed by atoms with Gasteiger partial charge in [-0.15, -0.1) is 11.3 Å². The molecule has 0 bridgehead atoms. The van der Waals surface area contributed by atoms with Crippen molar-refractivity contribution in [3.05, 3.63) is 16.3 Å². The normalized spacial score (nSPS) is 10.9. The molecule has 5 nitrogen and oxygen atoms in total. The summed E-state index contributed by atoms with van der Waals surface area (Å²) in [6.07, 6.45) is 0. The monoisotopic (exact) mass is 304 g/mol. The van der Waals surface area contributed by atoms with Crippen molar-refractivity contribution in [3.8, 4) is 5.75 Å². The SMILES string of the molecule is COCCOCCOCCOCCOc1cscc1C. The van der Waals surface area contributed by atoms with E-state index in [2.05, 4.69) is 5.38 Å². The molecule has 20 heavy (non-hydrogen) atoms. The summed E-state index contributed by atoms with van der Waals surface area (Å²) in [6, 6.07) is 0. The van der Waals surface area contributed by atoms with E-state index in [1.165, 1.54) is 5.56 Å². The maximum absolute atomic E-state index is 5.57. The van der Waals surface area contributed by atoms with Crippen LogP contribution in [-0.4, -0.2) is 60.0 Å². The van der Waals surface area contributed by atoms with Crippen molar-refractivity contribution < 1.29 is 23.7 Å². The van der Waals surface area contributed by atoms with Crippen LogP contribution in [-0.2, 0) is 18.9 Å². The lowest BCUT2D eigenvalue weighted by atomic mass is 10.4. The summed E-state index contributed by atoms with van der Waals surface area (Å²) in [4.78, 5) is 0. The molecule has 0 amide bonds. The molecule has 0 fully saturated rings. The lowest BCUT2D eigenvalue weighted by molar-refractivity contribution is 0.000158. The van der Waals surface area contributed by atoms with Crippen molar-refractivity contribution in [1.29, 1.82) is 0 Å². The van der Waals surface area contributed by atoms with E-state index < -0.39 is 0 Å². The predicted molar refractivity (Wildman–Crippen MR) is 78.9 cm³/mol. The Morgan fingerprint density at radius 2 is 1.35 bits per heavy atom. The maximum atomic E-state index is 5.57. The van der Waals surface area contributed by atoms with Crippen LogP contribution in [0.2, 0.25) is 0 Å². The van der Waals surface area contributed by atoms with Crippen LogP contribution in [0.5, 0.6) is 5.75 Å². The molecule has 1 rings (SSSR count). The molecule has 0 aliphatic rings. The molecule has 0 spiro atoms. The number of rotatable bonds is 13. The first-order valence-electron chi connectivity index (χ1n) is 6.72. The molecule has 1 heterocycles. The van der Waals surface area contributed by atoms with Gasteiger partial charge in [0.2, 0.25) is 0 Å². The number of thiophene rings is 1. The zero-order valence-electron chi connectivity index (χ0n) is 12.3. The molecule has 1 aromatic heterocycles. The molecule has 0 aliphatic carbocycles. The second-order valence-electron chi connectivity index (χ2n) is 4.10. The lowest BCUT2D eigenvalue weighted by Gasteiger charge is -2.08. The average molecular weight is 304 g/mol. The predicted octanol–water partition coefficient (Wildman–Crippen LogP) is 2.13. The van der Waals surface area contributed by atoms with Gasteiger partial charge in [-0.2, -0.15) is 0 Å². The first-order chi connectivity index (χ1) is 9.84. The van der Waals surface area contributed by atoms with Crippen molar-refractivity contribution in [3.63, 3.8) is 0 Å². The van der Waals surface area contributed by atoms with Gasteiger partial charge in [-0.3, -0.25) is 0 Å². The molecule has 1 aromatic rings. The fourth-order valence-electron chi connectivity index (χ4n) is 1.39. The highest BCUT2D eigenvalue weighted by molar-refractivity contribution is 7.08. The Labute approximate surface area is 124 Å². The van der Waals surface area contributed by atoms with E-state index in [4.69, 9.17) is 23.7 Å². The maximum Gasteiger partial charge on any atom is 0.132 e. The van der Waals surface area contributed by atoms with Gasteiger partial charge < -0.3 is 23.7 Å². The van der Waals surface area contributed by atoms with Gasteiger partial charge in [0.15, 0.2) is 0 Å². The molecular formula is C14H24O5S. The van der Waals surface area contributed by atoms with E-state index >= 15 is 0 Å². The molecule has 0 saturated carbocycles. The Balaban J connectivity index is 1.78. The molecule has 0 atom stereocenters. The highest BCUT2D eigenvalue weighted by Crippen LogP contribution is 2.21. The minimum absolute atomic E-state index is 0.567. The van der Waals surface area contributed by atoms with E-state index in [-0.39, 0.29) is 0 Å². The van der Waals surface area contributed by atoms with Crippen molar-refractivity contribution >= 4 is 11.3 Å². The fourth-order valence-corrected chi connectivity index (χ4v) is 2.16. The van der Waals surface area contributed by atoms with Gasteiger partial charge in [-0.25, -0.2) is 0 Å². The number of hydrogen-bond acceptors (Lipinski definition) is 6. The Bertz CT molecular complexity index is 329. The highest BCUT2D eigenvalue weighted by Gasteiger charge is 1.99. The van der Waals surface area contributed by atoms with E-state index in [0.717, 1.165) is 5.75 Å². The zero-order valence-corrected chi connectivity index (χ0v) is 13.1.